The SMILES string of the molecule is C=CS(=O)(=O)O.C=CS(=O)(=O)ON=C(c1ccc(OCCCOc2ccc(C(=NO)C(F)(F)F)cc2)cc1)C(F)(F)F. The van der Waals surface area contributed by atoms with Crippen molar-refractivity contribution in [2.75, 3.05) is 13.2 Å². The van der Waals surface area contributed by atoms with Gasteiger partial charge in [0.05, 0.1) is 24.0 Å². The molecule has 232 valence electrons. The van der Waals surface area contributed by atoms with Crippen molar-refractivity contribution in [1.29, 1.82) is 0 Å². The van der Waals surface area contributed by atoms with Crippen LogP contribution in [0.3, 0.4) is 0 Å². The van der Waals surface area contributed by atoms with Crippen molar-refractivity contribution >= 4 is 31.7 Å². The van der Waals surface area contributed by atoms with Gasteiger partial charge in [0.15, 0.2) is 11.4 Å². The van der Waals surface area contributed by atoms with E-state index in [1.807, 2.05) is 0 Å². The minimum Gasteiger partial charge on any atom is -0.493 e. The fourth-order valence-corrected chi connectivity index (χ4v) is 2.76. The zero-order chi connectivity index (χ0) is 32.2. The maximum absolute atomic E-state index is 13.2. The zero-order valence-electron chi connectivity index (χ0n) is 21.0. The van der Waals surface area contributed by atoms with Gasteiger partial charge in [0, 0.05) is 17.5 Å². The topological polar surface area (TPSA) is 161 Å². The zero-order valence-corrected chi connectivity index (χ0v) is 22.7. The van der Waals surface area contributed by atoms with Gasteiger partial charge in [-0.15, -0.1) is 0 Å². The fraction of sp³-hybridized carbons (Fsp3) is 0.217. The van der Waals surface area contributed by atoms with E-state index >= 15 is 0 Å². The number of nitrogens with zero attached hydrogens (tertiary/aromatic N) is 2. The summed E-state index contributed by atoms with van der Waals surface area (Å²) >= 11 is 0. The molecule has 0 aromatic heterocycles. The molecular weight excluding hydrogens is 626 g/mol. The first-order chi connectivity index (χ1) is 19.3. The van der Waals surface area contributed by atoms with Gasteiger partial charge in [-0.1, -0.05) is 23.5 Å². The van der Waals surface area contributed by atoms with Crippen LogP contribution in [-0.4, -0.2) is 63.6 Å². The van der Waals surface area contributed by atoms with Crippen molar-refractivity contribution in [3.8, 4) is 11.5 Å². The summed E-state index contributed by atoms with van der Waals surface area (Å²) in [7, 11) is -8.36. The predicted octanol–water partition coefficient (Wildman–Crippen LogP) is 5.05. The number of rotatable bonds is 12. The van der Waals surface area contributed by atoms with Crippen LogP contribution in [0.2, 0.25) is 0 Å². The van der Waals surface area contributed by atoms with Crippen molar-refractivity contribution in [3.05, 3.63) is 83.6 Å². The van der Waals surface area contributed by atoms with Crippen LogP contribution in [0.4, 0.5) is 26.3 Å². The first-order valence-corrected chi connectivity index (χ1v) is 13.9. The van der Waals surface area contributed by atoms with E-state index in [-0.39, 0.29) is 30.3 Å². The Morgan fingerprint density at radius 1 is 0.762 bits per heavy atom. The van der Waals surface area contributed by atoms with Crippen LogP contribution in [0.25, 0.3) is 0 Å². The molecule has 0 saturated carbocycles. The summed E-state index contributed by atoms with van der Waals surface area (Å²) in [6, 6.07) is 9.10. The molecule has 2 aromatic carbocycles. The molecule has 0 aliphatic heterocycles. The first kappa shape index (κ1) is 35.9. The van der Waals surface area contributed by atoms with Crippen LogP contribution in [0.1, 0.15) is 17.5 Å². The van der Waals surface area contributed by atoms with Crippen molar-refractivity contribution in [3.63, 3.8) is 0 Å². The summed E-state index contributed by atoms with van der Waals surface area (Å²) in [6.45, 7) is 5.89. The van der Waals surface area contributed by atoms with Gasteiger partial charge in [-0.3, -0.25) is 8.84 Å². The highest BCUT2D eigenvalue weighted by Crippen LogP contribution is 2.26. The molecule has 2 rings (SSSR count). The van der Waals surface area contributed by atoms with Gasteiger partial charge in [0.2, 0.25) is 0 Å². The molecule has 0 atom stereocenters. The molecule has 0 unspecified atom stereocenters. The third-order valence-electron chi connectivity index (χ3n) is 4.37. The lowest BCUT2D eigenvalue weighted by molar-refractivity contribution is -0.0608. The summed E-state index contributed by atoms with van der Waals surface area (Å²) in [6.07, 6.45) is -9.51. The fourth-order valence-electron chi connectivity index (χ4n) is 2.52. The second-order valence-corrected chi connectivity index (χ2v) is 10.2. The highest BCUT2D eigenvalue weighted by atomic mass is 32.2. The maximum atomic E-state index is 13.2. The van der Waals surface area contributed by atoms with E-state index in [2.05, 4.69) is 27.8 Å². The molecule has 11 nitrogen and oxygen atoms in total. The maximum Gasteiger partial charge on any atom is 0.437 e. The van der Waals surface area contributed by atoms with Crippen molar-refractivity contribution < 1.29 is 66.7 Å². The van der Waals surface area contributed by atoms with Crippen LogP contribution in [0.5, 0.6) is 11.5 Å². The molecule has 0 spiro atoms. The Bertz CT molecular complexity index is 1460. The summed E-state index contributed by atoms with van der Waals surface area (Å²) in [5, 5.41) is 14.3. The van der Waals surface area contributed by atoms with Gasteiger partial charge >= 0.3 is 22.5 Å². The van der Waals surface area contributed by atoms with E-state index in [1.54, 1.807) is 0 Å². The second kappa shape index (κ2) is 15.2. The monoisotopic (exact) mass is 648 g/mol. The minimum atomic E-state index is -5.01. The number of oxime groups is 2. The molecule has 19 heteroatoms. The van der Waals surface area contributed by atoms with Crippen molar-refractivity contribution in [2.24, 2.45) is 10.3 Å². The smallest absolute Gasteiger partial charge is 0.437 e. The summed E-state index contributed by atoms with van der Waals surface area (Å²) in [5.74, 6) is 0.453. The number of hydrogen-bond acceptors (Lipinski definition) is 10. The van der Waals surface area contributed by atoms with Gasteiger partial charge in [-0.05, 0) is 48.5 Å². The molecule has 0 saturated heterocycles. The Labute approximate surface area is 235 Å². The van der Waals surface area contributed by atoms with Gasteiger partial charge in [-0.25, -0.2) is 0 Å². The van der Waals surface area contributed by atoms with E-state index in [1.165, 1.54) is 24.3 Å². The van der Waals surface area contributed by atoms with Crippen LogP contribution < -0.4 is 9.47 Å². The average molecular weight is 649 g/mol. The lowest BCUT2D eigenvalue weighted by atomic mass is 10.1. The molecular formula is C23H22F6N2O9S2. The molecule has 42 heavy (non-hydrogen) atoms. The molecule has 2 aromatic rings. The Hall–Kier alpha value is -4.10. The number of alkyl halides is 6. The van der Waals surface area contributed by atoms with Crippen molar-refractivity contribution in [2.45, 2.75) is 18.8 Å². The first-order valence-electron chi connectivity index (χ1n) is 10.9. The van der Waals surface area contributed by atoms with Gasteiger partial charge in [0.1, 0.15) is 11.5 Å². The normalized spacial score (nSPS) is 12.9. The second-order valence-electron chi connectivity index (χ2n) is 7.40. The summed E-state index contributed by atoms with van der Waals surface area (Å²) < 4.78 is 141. The standard InChI is InChI=1S/C21H18F6N2O6S.C2H4O3S/c1-2-36(31,32)35-29-19(21(25,26)27)15-6-10-17(11-7-15)34-13-3-12-33-16-8-4-14(5-9-16)18(28-30)20(22,23)24;1-2-6(3,4)5/h2,4-11,30H,1,3,12-13H2;2H,1H2,(H,3,4,5). The molecule has 0 heterocycles. The average Bonchev–Trinajstić information content (AvgIpc) is 2.89. The third kappa shape index (κ3) is 13.0. The molecule has 0 bridgehead atoms. The Morgan fingerprint density at radius 2 is 1.14 bits per heavy atom. The highest BCUT2D eigenvalue weighted by Gasteiger charge is 2.39. The van der Waals surface area contributed by atoms with Crippen LogP contribution >= 0.6 is 0 Å². The molecule has 0 amide bonds. The summed E-state index contributed by atoms with van der Waals surface area (Å²) in [5.41, 5.74) is -3.85. The molecule has 2 N–H and O–H groups in total. The van der Waals surface area contributed by atoms with Gasteiger partial charge in [-0.2, -0.15) is 43.2 Å². The van der Waals surface area contributed by atoms with E-state index in [0.29, 0.717) is 17.2 Å². The summed E-state index contributed by atoms with van der Waals surface area (Å²) in [4.78, 5) is 0. The number of halogens is 6. The Balaban J connectivity index is 0.00000132. The Kier molecular flexibility index (Phi) is 13.0. The van der Waals surface area contributed by atoms with E-state index in [9.17, 15) is 43.2 Å². The minimum absolute atomic E-state index is 0.0910. The lowest BCUT2D eigenvalue weighted by Gasteiger charge is -2.12. The predicted molar refractivity (Wildman–Crippen MR) is 137 cm³/mol. The molecule has 0 aliphatic carbocycles. The van der Waals surface area contributed by atoms with Crippen LogP contribution in [0.15, 0.2) is 82.8 Å². The number of hydrogen-bond donors (Lipinski definition) is 2. The molecule has 0 radical (unpaired) electrons. The Morgan fingerprint density at radius 3 is 1.45 bits per heavy atom. The molecule has 0 aliphatic rings. The molecule has 0 fully saturated rings. The van der Waals surface area contributed by atoms with E-state index in [0.717, 1.165) is 24.3 Å². The van der Waals surface area contributed by atoms with Crippen LogP contribution in [0, 0.1) is 0 Å². The third-order valence-corrected chi connectivity index (χ3v) is 5.48. The highest BCUT2D eigenvalue weighted by molar-refractivity contribution is 7.89. The van der Waals surface area contributed by atoms with Crippen molar-refractivity contribution in [1.82, 2.24) is 0 Å². The van der Waals surface area contributed by atoms with E-state index in [4.69, 9.17) is 19.2 Å². The quantitative estimate of drug-likeness (QED) is 0.0802. The van der Waals surface area contributed by atoms with E-state index < -0.39 is 49.6 Å². The number of benzene rings is 2. The van der Waals surface area contributed by atoms with Gasteiger partial charge in [0.25, 0.3) is 10.1 Å². The lowest BCUT2D eigenvalue weighted by Crippen LogP contribution is -2.24. The van der Waals surface area contributed by atoms with Gasteiger partial charge < -0.3 is 14.7 Å². The van der Waals surface area contributed by atoms with Crippen LogP contribution in [-0.2, 0) is 24.5 Å². The largest absolute Gasteiger partial charge is 0.493 e. The number of ether oxygens (including phenoxy) is 2.